The first-order chi connectivity index (χ1) is 16.0. The van der Waals surface area contributed by atoms with Crippen molar-refractivity contribution in [3.05, 3.63) is 71.9 Å². The van der Waals surface area contributed by atoms with E-state index in [2.05, 4.69) is 57.2 Å². The summed E-state index contributed by atoms with van der Waals surface area (Å²) in [5.41, 5.74) is 6.47. The predicted octanol–water partition coefficient (Wildman–Crippen LogP) is 4.41. The maximum absolute atomic E-state index is 13.3. The number of para-hydroxylation sites is 1. The number of carbonyl (C=O) groups is 1. The van der Waals surface area contributed by atoms with Crippen molar-refractivity contribution in [2.24, 2.45) is 0 Å². The molecule has 1 N–H and O–H groups in total. The lowest BCUT2D eigenvalue weighted by molar-refractivity contribution is 0.0705. The fourth-order valence-corrected chi connectivity index (χ4v) is 4.76. The van der Waals surface area contributed by atoms with Gasteiger partial charge in [-0.3, -0.25) is 9.78 Å². The zero-order chi connectivity index (χ0) is 22.9. The normalized spacial score (nSPS) is 16.2. The van der Waals surface area contributed by atoms with E-state index in [1.165, 1.54) is 22.2 Å². The summed E-state index contributed by atoms with van der Waals surface area (Å²) in [6, 6.07) is 10.5. The maximum atomic E-state index is 13.3. The molecule has 33 heavy (non-hydrogen) atoms. The number of pyridine rings is 1. The van der Waals surface area contributed by atoms with Crippen LogP contribution < -0.4 is 4.90 Å². The number of rotatable bonds is 4. The molecule has 0 spiro atoms. The van der Waals surface area contributed by atoms with Gasteiger partial charge in [0.1, 0.15) is 0 Å². The molecule has 1 saturated heterocycles. The average molecular weight is 441 g/mol. The van der Waals surface area contributed by atoms with Crippen LogP contribution in [0.4, 0.5) is 5.95 Å². The molecule has 0 aliphatic carbocycles. The van der Waals surface area contributed by atoms with Crippen molar-refractivity contribution >= 4 is 22.8 Å². The summed E-state index contributed by atoms with van der Waals surface area (Å²) < 4.78 is 0. The number of hydrogen-bond acceptors (Lipinski definition) is 5. The average Bonchev–Trinajstić information content (AvgIpc) is 3.25. The van der Waals surface area contributed by atoms with Crippen LogP contribution in [0.15, 0.2) is 55.1 Å². The Labute approximate surface area is 193 Å². The Morgan fingerprint density at radius 2 is 1.88 bits per heavy atom. The van der Waals surface area contributed by atoms with Gasteiger partial charge in [-0.15, -0.1) is 0 Å². The zero-order valence-electron chi connectivity index (χ0n) is 19.2. The molecule has 7 heteroatoms. The fourth-order valence-electron chi connectivity index (χ4n) is 4.76. The van der Waals surface area contributed by atoms with E-state index in [1.807, 2.05) is 36.3 Å². The van der Waals surface area contributed by atoms with E-state index in [0.29, 0.717) is 18.1 Å². The number of aryl methyl sites for hydroxylation is 1. The number of nitrogens with zero attached hydrogens (tertiary/aromatic N) is 5. The summed E-state index contributed by atoms with van der Waals surface area (Å²) in [4.78, 5) is 33.6. The van der Waals surface area contributed by atoms with E-state index in [1.54, 1.807) is 12.4 Å². The zero-order valence-corrected chi connectivity index (χ0v) is 19.2. The molecule has 1 aliphatic heterocycles. The molecule has 1 amide bonds. The van der Waals surface area contributed by atoms with Gasteiger partial charge in [-0.1, -0.05) is 18.2 Å². The summed E-state index contributed by atoms with van der Waals surface area (Å²) in [5.74, 6) is 0.806. The minimum absolute atomic E-state index is 0.0113. The lowest BCUT2D eigenvalue weighted by atomic mass is 9.89. The highest BCUT2D eigenvalue weighted by Crippen LogP contribution is 2.40. The van der Waals surface area contributed by atoms with E-state index < -0.39 is 0 Å². The summed E-state index contributed by atoms with van der Waals surface area (Å²) in [6.07, 6.45) is 8.91. The lowest BCUT2D eigenvalue weighted by Crippen LogP contribution is -2.39. The van der Waals surface area contributed by atoms with Gasteiger partial charge in [0, 0.05) is 80.1 Å². The molecule has 1 aromatic carbocycles. The third kappa shape index (κ3) is 3.95. The predicted molar refractivity (Wildman–Crippen MR) is 131 cm³/mol. The van der Waals surface area contributed by atoms with E-state index in [0.717, 1.165) is 30.5 Å². The third-order valence-corrected chi connectivity index (χ3v) is 6.44. The lowest BCUT2D eigenvalue weighted by Gasteiger charge is -2.33. The Hall–Kier alpha value is -3.74. The van der Waals surface area contributed by atoms with Gasteiger partial charge in [-0.2, -0.15) is 0 Å². The number of benzene rings is 1. The first kappa shape index (κ1) is 21.1. The summed E-state index contributed by atoms with van der Waals surface area (Å²) in [6.45, 7) is 3.54. The number of aromatic amines is 1. The van der Waals surface area contributed by atoms with Gasteiger partial charge in [0.2, 0.25) is 5.95 Å². The molecule has 0 radical (unpaired) electrons. The van der Waals surface area contributed by atoms with Crippen LogP contribution >= 0.6 is 0 Å². The van der Waals surface area contributed by atoms with E-state index >= 15 is 0 Å². The van der Waals surface area contributed by atoms with Crippen molar-refractivity contribution in [2.75, 3.05) is 32.1 Å². The van der Waals surface area contributed by atoms with Crippen molar-refractivity contribution in [3.8, 4) is 11.1 Å². The van der Waals surface area contributed by atoms with Crippen molar-refractivity contribution in [1.82, 2.24) is 24.8 Å². The number of fused-ring (bicyclic) bond motifs is 1. The Morgan fingerprint density at radius 3 is 2.61 bits per heavy atom. The number of amides is 1. The Kier molecular flexibility index (Phi) is 5.54. The number of piperidine rings is 1. The van der Waals surface area contributed by atoms with Crippen LogP contribution in [0.2, 0.25) is 0 Å². The SMILES string of the molecule is Cc1cccc2c(-c3ccncc3)c(C3CCCN(C(=O)c4cnc(N(C)C)nc4)C3)[nH]c12. The van der Waals surface area contributed by atoms with Gasteiger partial charge >= 0.3 is 0 Å². The van der Waals surface area contributed by atoms with Crippen molar-refractivity contribution < 1.29 is 4.79 Å². The number of anilines is 1. The Morgan fingerprint density at radius 1 is 1.12 bits per heavy atom. The number of nitrogens with one attached hydrogen (secondary N) is 1. The number of likely N-dealkylation sites (tertiary alicyclic amines) is 1. The quantitative estimate of drug-likeness (QED) is 0.508. The molecule has 1 atom stereocenters. The van der Waals surface area contributed by atoms with Crippen LogP contribution in [0.5, 0.6) is 0 Å². The summed E-state index contributed by atoms with van der Waals surface area (Å²) in [5, 5.41) is 1.22. The minimum Gasteiger partial charge on any atom is -0.357 e. The third-order valence-electron chi connectivity index (χ3n) is 6.44. The molecule has 0 saturated carbocycles. The molecular formula is C26H28N6O. The van der Waals surface area contributed by atoms with Gasteiger partial charge < -0.3 is 14.8 Å². The minimum atomic E-state index is -0.0113. The van der Waals surface area contributed by atoms with Crippen LogP contribution in [0.3, 0.4) is 0 Å². The van der Waals surface area contributed by atoms with Crippen LogP contribution in [-0.4, -0.2) is 57.9 Å². The highest BCUT2D eigenvalue weighted by atomic mass is 16.2. The van der Waals surface area contributed by atoms with E-state index in [4.69, 9.17) is 0 Å². The van der Waals surface area contributed by atoms with E-state index in [9.17, 15) is 4.79 Å². The summed E-state index contributed by atoms with van der Waals surface area (Å²) in [7, 11) is 3.77. The first-order valence-corrected chi connectivity index (χ1v) is 11.3. The molecule has 0 bridgehead atoms. The van der Waals surface area contributed by atoms with Crippen LogP contribution in [-0.2, 0) is 0 Å². The fraction of sp³-hybridized carbons (Fsp3) is 0.308. The number of carbonyl (C=O) groups excluding carboxylic acids is 1. The molecule has 1 fully saturated rings. The van der Waals surface area contributed by atoms with Crippen molar-refractivity contribution in [1.29, 1.82) is 0 Å². The van der Waals surface area contributed by atoms with Crippen molar-refractivity contribution in [2.45, 2.75) is 25.7 Å². The van der Waals surface area contributed by atoms with Crippen LogP contribution in [0.25, 0.3) is 22.0 Å². The standard InChI is InChI=1S/C26H28N6O/c1-17-6-4-8-21-22(18-9-11-27-12-10-18)24(30-23(17)21)19-7-5-13-32(16-19)25(33)20-14-28-26(29-15-20)31(2)3/h4,6,8-12,14-15,19,30H,5,7,13,16H2,1-3H3. The second kappa shape index (κ2) is 8.65. The van der Waals surface area contributed by atoms with Gasteiger partial charge in [-0.05, 0) is 43.0 Å². The smallest absolute Gasteiger partial charge is 0.257 e. The Balaban J connectivity index is 1.49. The van der Waals surface area contributed by atoms with Gasteiger partial charge in [0.05, 0.1) is 5.56 Å². The van der Waals surface area contributed by atoms with Crippen LogP contribution in [0.1, 0.15) is 40.4 Å². The monoisotopic (exact) mass is 440 g/mol. The first-order valence-electron chi connectivity index (χ1n) is 11.3. The molecule has 3 aromatic heterocycles. The topological polar surface area (TPSA) is 78.0 Å². The van der Waals surface area contributed by atoms with Crippen LogP contribution in [0, 0.1) is 6.92 Å². The molecule has 1 aliphatic rings. The molecule has 7 nitrogen and oxygen atoms in total. The molecule has 168 valence electrons. The summed E-state index contributed by atoms with van der Waals surface area (Å²) >= 11 is 0. The molecule has 4 aromatic rings. The van der Waals surface area contributed by atoms with E-state index in [-0.39, 0.29) is 11.8 Å². The molecule has 4 heterocycles. The highest BCUT2D eigenvalue weighted by Gasteiger charge is 2.29. The number of H-pyrrole nitrogens is 1. The van der Waals surface area contributed by atoms with Crippen molar-refractivity contribution in [3.63, 3.8) is 0 Å². The van der Waals surface area contributed by atoms with Gasteiger partial charge in [0.25, 0.3) is 5.91 Å². The number of aromatic nitrogens is 4. The Bertz CT molecular complexity index is 1280. The highest BCUT2D eigenvalue weighted by molar-refractivity contribution is 5.99. The van der Waals surface area contributed by atoms with Gasteiger partial charge in [-0.25, -0.2) is 9.97 Å². The molecular weight excluding hydrogens is 412 g/mol. The second-order valence-electron chi connectivity index (χ2n) is 8.90. The largest absolute Gasteiger partial charge is 0.357 e. The number of hydrogen-bond donors (Lipinski definition) is 1. The molecule has 5 rings (SSSR count). The maximum Gasteiger partial charge on any atom is 0.257 e. The molecule has 1 unspecified atom stereocenters. The second-order valence-corrected chi connectivity index (χ2v) is 8.90. The van der Waals surface area contributed by atoms with Gasteiger partial charge in [0.15, 0.2) is 0 Å².